The number of carbonyl (C=O) groups excluding carboxylic acids is 2. The van der Waals surface area contributed by atoms with Crippen molar-refractivity contribution in [1.82, 2.24) is 14.7 Å². The summed E-state index contributed by atoms with van der Waals surface area (Å²) < 4.78 is 12.5. The fourth-order valence-electron chi connectivity index (χ4n) is 7.89. The van der Waals surface area contributed by atoms with E-state index in [9.17, 15) is 9.59 Å². The average molecular weight is 632 g/mol. The normalized spacial score (nSPS) is 17.9. The number of esters is 1. The highest BCUT2D eigenvalue weighted by Gasteiger charge is 2.35. The molecule has 7 heteroatoms. The summed E-state index contributed by atoms with van der Waals surface area (Å²) in [7, 11) is 1.55. The second-order valence-corrected chi connectivity index (χ2v) is 13.3. The van der Waals surface area contributed by atoms with E-state index < -0.39 is 5.97 Å². The molecule has 0 N–H and O–H groups in total. The van der Waals surface area contributed by atoms with Crippen LogP contribution < -0.4 is 4.74 Å². The van der Waals surface area contributed by atoms with Crippen molar-refractivity contribution in [3.8, 4) is 22.7 Å². The Kier molecular flexibility index (Phi) is 8.89. The molecule has 0 radical (unpaired) electrons. The van der Waals surface area contributed by atoms with Crippen molar-refractivity contribution in [2.45, 2.75) is 77.0 Å². The number of amides is 1. The summed E-state index contributed by atoms with van der Waals surface area (Å²) in [6.45, 7) is 6.14. The molecular formula is C40H45N3O4. The molecule has 1 aromatic heterocycles. The Morgan fingerprint density at radius 2 is 1.74 bits per heavy atom. The van der Waals surface area contributed by atoms with Gasteiger partial charge in [-0.1, -0.05) is 55.5 Å². The minimum atomic E-state index is -0.444. The molecule has 47 heavy (non-hydrogen) atoms. The third-order valence-corrected chi connectivity index (χ3v) is 10.4. The number of rotatable bonds is 10. The molecule has 244 valence electrons. The first-order valence-electron chi connectivity index (χ1n) is 17.4. The van der Waals surface area contributed by atoms with Gasteiger partial charge >= 0.3 is 5.97 Å². The first-order chi connectivity index (χ1) is 23.0. The SMILES string of the molecule is CCOC(=O)c1cnn(-c2cccc(-c3cccc4c3[C@@H](Cc3ccc(C5CCN(C(=O)C6CC6)CC5)c(CC)c3)CC4)c2)c1OC. The molecule has 1 atom stereocenters. The maximum Gasteiger partial charge on any atom is 0.345 e. The van der Waals surface area contributed by atoms with Gasteiger partial charge in [0.2, 0.25) is 11.8 Å². The second-order valence-electron chi connectivity index (χ2n) is 13.3. The van der Waals surface area contributed by atoms with Crippen LogP contribution in [0.5, 0.6) is 5.88 Å². The minimum Gasteiger partial charge on any atom is -0.480 e. The number of hydrogen-bond donors (Lipinski definition) is 0. The maximum atomic E-state index is 12.6. The van der Waals surface area contributed by atoms with Crippen LogP contribution in [-0.2, 0) is 28.8 Å². The molecule has 2 fully saturated rings. The zero-order valence-corrected chi connectivity index (χ0v) is 27.8. The van der Waals surface area contributed by atoms with E-state index in [0.29, 0.717) is 35.1 Å². The number of piperidine rings is 1. The average Bonchev–Trinajstić information content (AvgIpc) is 3.74. The molecule has 7 rings (SSSR count). The Morgan fingerprint density at radius 1 is 0.936 bits per heavy atom. The molecule has 4 aromatic rings. The lowest BCUT2D eigenvalue weighted by Gasteiger charge is -2.33. The van der Waals surface area contributed by atoms with Gasteiger partial charge in [0.05, 0.1) is 25.6 Å². The molecule has 0 bridgehead atoms. The third kappa shape index (κ3) is 6.20. The van der Waals surface area contributed by atoms with Gasteiger partial charge in [0.25, 0.3) is 0 Å². The molecule has 2 heterocycles. The molecular weight excluding hydrogens is 586 g/mol. The van der Waals surface area contributed by atoms with Crippen molar-refractivity contribution in [3.63, 3.8) is 0 Å². The lowest BCUT2D eigenvalue weighted by atomic mass is 9.83. The Balaban J connectivity index is 1.12. The highest BCUT2D eigenvalue weighted by molar-refractivity contribution is 5.92. The molecule has 0 spiro atoms. The lowest BCUT2D eigenvalue weighted by molar-refractivity contribution is -0.133. The zero-order chi connectivity index (χ0) is 32.5. The maximum absolute atomic E-state index is 12.6. The quantitative estimate of drug-likeness (QED) is 0.168. The van der Waals surface area contributed by atoms with E-state index >= 15 is 0 Å². The Bertz CT molecular complexity index is 1780. The van der Waals surface area contributed by atoms with Gasteiger partial charge in [-0.25, -0.2) is 9.48 Å². The molecule has 1 amide bonds. The summed E-state index contributed by atoms with van der Waals surface area (Å²) >= 11 is 0. The van der Waals surface area contributed by atoms with Crippen LogP contribution in [0.15, 0.2) is 66.9 Å². The predicted octanol–water partition coefficient (Wildman–Crippen LogP) is 7.68. The number of carbonyl (C=O) groups is 2. The number of fused-ring (bicyclic) bond motifs is 1. The van der Waals surface area contributed by atoms with Crippen molar-refractivity contribution < 1.29 is 19.1 Å². The first kappa shape index (κ1) is 31.2. The summed E-state index contributed by atoms with van der Waals surface area (Å²) in [5.74, 6) is 1.60. The van der Waals surface area contributed by atoms with Crippen LogP contribution in [0.25, 0.3) is 16.8 Å². The number of aromatic nitrogens is 2. The number of nitrogens with zero attached hydrogens (tertiary/aromatic N) is 3. The topological polar surface area (TPSA) is 73.7 Å². The summed E-state index contributed by atoms with van der Waals surface area (Å²) in [6.07, 6.45) is 10.1. The summed E-state index contributed by atoms with van der Waals surface area (Å²) in [5.41, 5.74) is 10.7. The van der Waals surface area contributed by atoms with Gasteiger partial charge in [0.1, 0.15) is 5.56 Å². The largest absolute Gasteiger partial charge is 0.480 e. The van der Waals surface area contributed by atoms with Gasteiger partial charge in [-0.3, -0.25) is 4.79 Å². The van der Waals surface area contributed by atoms with Gasteiger partial charge < -0.3 is 14.4 Å². The summed E-state index contributed by atoms with van der Waals surface area (Å²) in [6, 6.07) is 22.2. The Hall–Kier alpha value is -4.39. The predicted molar refractivity (Wildman–Crippen MR) is 183 cm³/mol. The van der Waals surface area contributed by atoms with Crippen molar-refractivity contribution in [3.05, 3.63) is 100 Å². The van der Waals surface area contributed by atoms with Crippen molar-refractivity contribution in [2.75, 3.05) is 26.8 Å². The van der Waals surface area contributed by atoms with Crippen LogP contribution in [0.2, 0.25) is 0 Å². The fourth-order valence-corrected chi connectivity index (χ4v) is 7.89. The summed E-state index contributed by atoms with van der Waals surface area (Å²) in [4.78, 5) is 27.2. The van der Waals surface area contributed by atoms with Gasteiger partial charge in [-0.2, -0.15) is 5.10 Å². The van der Waals surface area contributed by atoms with Crippen molar-refractivity contribution >= 4 is 11.9 Å². The van der Waals surface area contributed by atoms with Crippen LogP contribution in [0.4, 0.5) is 0 Å². The number of hydrogen-bond acceptors (Lipinski definition) is 5. The van der Waals surface area contributed by atoms with Crippen molar-refractivity contribution in [2.24, 2.45) is 5.92 Å². The van der Waals surface area contributed by atoms with E-state index in [0.717, 1.165) is 75.7 Å². The number of benzene rings is 3. The van der Waals surface area contributed by atoms with Gasteiger partial charge in [-0.15, -0.1) is 0 Å². The first-order valence-corrected chi connectivity index (χ1v) is 17.4. The standard InChI is InChI=1S/C40H45N3O4/c1-4-27-22-26(12-17-34(27)28-18-20-42(21-19-28)38(44)30-14-15-30)23-32-16-13-29-8-7-11-35(37(29)32)31-9-6-10-33(24-31)43-39(46-3)36(25-41-43)40(45)47-5-2/h6-12,17,22,24-25,28,30,32H,4-5,13-16,18-21,23H2,1-3H3/t32-/m1/s1. The van der Waals surface area contributed by atoms with Crippen LogP contribution in [0.3, 0.4) is 0 Å². The highest BCUT2D eigenvalue weighted by Crippen LogP contribution is 2.43. The molecule has 7 nitrogen and oxygen atoms in total. The van der Waals surface area contributed by atoms with Crippen LogP contribution in [-0.4, -0.2) is 53.4 Å². The molecule has 3 aliphatic rings. The highest BCUT2D eigenvalue weighted by atomic mass is 16.5. The molecule has 2 aliphatic carbocycles. The molecule has 0 unspecified atom stereocenters. The third-order valence-electron chi connectivity index (χ3n) is 10.4. The monoisotopic (exact) mass is 631 g/mol. The summed E-state index contributed by atoms with van der Waals surface area (Å²) in [5, 5.41) is 4.49. The van der Waals surface area contributed by atoms with E-state index in [2.05, 4.69) is 65.5 Å². The number of ether oxygens (including phenoxy) is 2. The smallest absolute Gasteiger partial charge is 0.345 e. The molecule has 1 saturated carbocycles. The van der Waals surface area contributed by atoms with Crippen LogP contribution in [0, 0.1) is 5.92 Å². The minimum absolute atomic E-state index is 0.287. The molecule has 1 aliphatic heterocycles. The van der Waals surface area contributed by atoms with Crippen LogP contribution in [0.1, 0.15) is 96.0 Å². The zero-order valence-electron chi connectivity index (χ0n) is 27.8. The van der Waals surface area contributed by atoms with E-state index in [4.69, 9.17) is 9.47 Å². The van der Waals surface area contributed by atoms with E-state index in [1.54, 1.807) is 18.7 Å². The number of likely N-dealkylation sites (tertiary alicyclic amines) is 1. The van der Waals surface area contributed by atoms with E-state index in [1.165, 1.54) is 39.6 Å². The van der Waals surface area contributed by atoms with Gasteiger partial charge in [-0.05, 0) is 121 Å². The van der Waals surface area contributed by atoms with Gasteiger partial charge in [0.15, 0.2) is 0 Å². The molecule has 3 aromatic carbocycles. The number of aryl methyl sites for hydroxylation is 2. The second kappa shape index (κ2) is 13.4. The van der Waals surface area contributed by atoms with E-state index in [-0.39, 0.29) is 6.61 Å². The van der Waals surface area contributed by atoms with E-state index in [1.807, 2.05) is 12.1 Å². The molecule has 1 saturated heterocycles. The Labute approximate surface area is 277 Å². The fraction of sp³-hybridized carbons (Fsp3) is 0.425. The number of methoxy groups -OCH3 is 1. The Morgan fingerprint density at radius 3 is 2.49 bits per heavy atom. The lowest BCUT2D eigenvalue weighted by Crippen LogP contribution is -2.38. The van der Waals surface area contributed by atoms with Gasteiger partial charge in [0, 0.05) is 19.0 Å². The van der Waals surface area contributed by atoms with Crippen molar-refractivity contribution in [1.29, 1.82) is 0 Å². The van der Waals surface area contributed by atoms with Crippen LogP contribution >= 0.6 is 0 Å².